The van der Waals surface area contributed by atoms with E-state index in [2.05, 4.69) is 71.0 Å². The van der Waals surface area contributed by atoms with Crippen LogP contribution in [0.3, 0.4) is 0 Å². The Hall–Kier alpha value is -2.31. The first-order chi connectivity index (χ1) is 15.2. The summed E-state index contributed by atoms with van der Waals surface area (Å²) < 4.78 is 11.3. The van der Waals surface area contributed by atoms with Crippen molar-refractivity contribution in [3.05, 3.63) is 59.7 Å². The molecule has 0 amide bonds. The molecule has 2 aromatic rings. The van der Waals surface area contributed by atoms with Gasteiger partial charge in [-0.1, -0.05) is 36.4 Å². The average molecular weight is 438 g/mol. The van der Waals surface area contributed by atoms with Crippen molar-refractivity contribution in [3.8, 4) is 11.5 Å². The highest BCUT2D eigenvalue weighted by atomic mass is 32.1. The van der Waals surface area contributed by atoms with Gasteiger partial charge in [0.15, 0.2) is 16.6 Å². The third kappa shape index (κ3) is 3.99. The fourth-order valence-corrected chi connectivity index (χ4v) is 6.03. The molecule has 164 valence electrons. The Kier molecular flexibility index (Phi) is 5.76. The number of nitrogens with one attached hydrogen (secondary N) is 2. The summed E-state index contributed by atoms with van der Waals surface area (Å²) in [5.41, 5.74) is 2.92. The summed E-state index contributed by atoms with van der Waals surface area (Å²) in [6.07, 6.45) is 4.53. The highest BCUT2D eigenvalue weighted by Gasteiger charge is 2.51. The Bertz CT molecular complexity index is 938. The first kappa shape index (κ1) is 20.6. The van der Waals surface area contributed by atoms with E-state index in [4.69, 9.17) is 21.7 Å². The molecule has 5 nitrogen and oxygen atoms in total. The molecule has 1 saturated heterocycles. The topological polar surface area (TPSA) is 45.8 Å². The minimum absolute atomic E-state index is 0.147. The average Bonchev–Trinajstić information content (AvgIpc) is 3.40. The fourth-order valence-electron chi connectivity index (χ4n) is 5.72. The van der Waals surface area contributed by atoms with Gasteiger partial charge in [-0.3, -0.25) is 4.90 Å². The van der Waals surface area contributed by atoms with Gasteiger partial charge in [0.25, 0.3) is 0 Å². The normalized spacial score (nSPS) is 27.0. The minimum Gasteiger partial charge on any atom is -0.454 e. The number of thiocarbonyl (C=S) groups is 1. The number of likely N-dealkylation sites (tertiary alicyclic amines) is 1. The maximum atomic E-state index is 5.72. The number of ether oxygens (including phenoxy) is 2. The van der Waals surface area contributed by atoms with Crippen LogP contribution >= 0.6 is 12.2 Å². The summed E-state index contributed by atoms with van der Waals surface area (Å²) >= 11 is 5.50. The molecule has 1 aliphatic carbocycles. The van der Waals surface area contributed by atoms with E-state index in [9.17, 15) is 0 Å². The van der Waals surface area contributed by atoms with Gasteiger partial charge in [0.2, 0.25) is 6.79 Å². The zero-order chi connectivity index (χ0) is 21.3. The summed E-state index contributed by atoms with van der Waals surface area (Å²) in [5.74, 6) is 1.75. The third-order valence-corrected chi connectivity index (χ3v) is 7.48. The van der Waals surface area contributed by atoms with Crippen molar-refractivity contribution in [2.75, 3.05) is 19.9 Å². The number of fused-ring (bicyclic) bond motifs is 2. The zero-order valence-electron chi connectivity index (χ0n) is 18.1. The van der Waals surface area contributed by atoms with E-state index in [-0.39, 0.29) is 5.41 Å². The molecule has 1 saturated carbocycles. The molecule has 2 aliphatic heterocycles. The molecule has 31 heavy (non-hydrogen) atoms. The van der Waals surface area contributed by atoms with Crippen LogP contribution in [-0.4, -0.2) is 42.0 Å². The van der Waals surface area contributed by atoms with Crippen LogP contribution < -0.4 is 20.1 Å². The first-order valence-electron chi connectivity index (χ1n) is 11.4. The van der Waals surface area contributed by atoms with Crippen molar-refractivity contribution in [2.24, 2.45) is 0 Å². The fraction of sp³-hybridized carbons (Fsp3) is 0.480. The molecule has 2 aromatic carbocycles. The predicted molar refractivity (Wildman–Crippen MR) is 127 cm³/mol. The lowest BCUT2D eigenvalue weighted by atomic mass is 9.65. The molecule has 3 aliphatic rings. The van der Waals surface area contributed by atoms with Crippen LogP contribution in [0.1, 0.15) is 43.7 Å². The second-order valence-corrected chi connectivity index (χ2v) is 9.33. The summed E-state index contributed by atoms with van der Waals surface area (Å²) in [6, 6.07) is 18.3. The van der Waals surface area contributed by atoms with Crippen LogP contribution in [0.15, 0.2) is 48.5 Å². The van der Waals surface area contributed by atoms with Gasteiger partial charge in [0.05, 0.1) is 0 Å². The zero-order valence-corrected chi connectivity index (χ0v) is 18.9. The second-order valence-electron chi connectivity index (χ2n) is 8.92. The lowest BCUT2D eigenvalue weighted by Gasteiger charge is -2.45. The molecule has 2 fully saturated rings. The Morgan fingerprint density at radius 2 is 1.97 bits per heavy atom. The van der Waals surface area contributed by atoms with Gasteiger partial charge in [0, 0.05) is 30.6 Å². The molecule has 5 rings (SSSR count). The third-order valence-electron chi connectivity index (χ3n) is 7.22. The van der Waals surface area contributed by atoms with Crippen molar-refractivity contribution in [1.29, 1.82) is 0 Å². The number of benzene rings is 2. The van der Waals surface area contributed by atoms with Crippen molar-refractivity contribution in [2.45, 2.75) is 56.7 Å². The van der Waals surface area contributed by atoms with Crippen LogP contribution in [0.5, 0.6) is 11.5 Å². The van der Waals surface area contributed by atoms with Gasteiger partial charge < -0.3 is 20.1 Å². The lowest BCUT2D eigenvalue weighted by molar-refractivity contribution is 0.134. The van der Waals surface area contributed by atoms with E-state index in [1.54, 1.807) is 0 Å². The van der Waals surface area contributed by atoms with E-state index >= 15 is 0 Å². The smallest absolute Gasteiger partial charge is 0.231 e. The molecular formula is C25H31N3O2S. The summed E-state index contributed by atoms with van der Waals surface area (Å²) in [7, 11) is 0. The number of nitrogens with zero attached hydrogens (tertiary/aromatic N) is 1. The maximum absolute atomic E-state index is 5.72. The highest BCUT2D eigenvalue weighted by molar-refractivity contribution is 7.80. The molecule has 2 heterocycles. The van der Waals surface area contributed by atoms with Crippen LogP contribution in [0.25, 0.3) is 0 Å². The highest BCUT2D eigenvalue weighted by Crippen LogP contribution is 2.51. The van der Waals surface area contributed by atoms with Crippen LogP contribution in [0.2, 0.25) is 0 Å². The second kappa shape index (κ2) is 8.67. The van der Waals surface area contributed by atoms with E-state index < -0.39 is 0 Å². The summed E-state index contributed by atoms with van der Waals surface area (Å²) in [6.45, 7) is 5.35. The SMILES string of the molecule is CCNC(=S)N[C@H]1CC[C@@]2(c3ccc4c(c3)OCO4)CCN(Cc3ccccc3)[C@H]2C1. The van der Waals surface area contributed by atoms with Crippen molar-refractivity contribution < 1.29 is 9.47 Å². The van der Waals surface area contributed by atoms with E-state index in [1.165, 1.54) is 17.5 Å². The molecule has 0 unspecified atom stereocenters. The number of hydrogen-bond acceptors (Lipinski definition) is 4. The Balaban J connectivity index is 1.43. The van der Waals surface area contributed by atoms with E-state index in [0.29, 0.717) is 18.9 Å². The molecule has 3 atom stereocenters. The molecule has 0 radical (unpaired) electrons. The summed E-state index contributed by atoms with van der Waals surface area (Å²) in [4.78, 5) is 2.68. The van der Waals surface area contributed by atoms with E-state index in [0.717, 1.165) is 55.5 Å². The monoisotopic (exact) mass is 437 g/mol. The Morgan fingerprint density at radius 1 is 1.13 bits per heavy atom. The number of rotatable bonds is 5. The molecule has 0 spiro atoms. The standard InChI is InChI=1S/C25H31N3O2S/c1-2-26-24(31)27-20-10-11-25(19-8-9-21-22(14-19)30-17-29-21)12-13-28(23(25)15-20)16-18-6-4-3-5-7-18/h3-9,14,20,23H,2,10-13,15-17H2,1H3,(H2,26,27,31)/t20-,23-,25-/m0/s1. The van der Waals surface area contributed by atoms with Crippen molar-refractivity contribution in [3.63, 3.8) is 0 Å². The summed E-state index contributed by atoms with van der Waals surface area (Å²) in [5, 5.41) is 7.60. The van der Waals surface area contributed by atoms with Gasteiger partial charge in [-0.25, -0.2) is 0 Å². The van der Waals surface area contributed by atoms with Crippen LogP contribution in [-0.2, 0) is 12.0 Å². The van der Waals surface area contributed by atoms with Crippen LogP contribution in [0, 0.1) is 0 Å². The molecule has 0 aromatic heterocycles. The van der Waals surface area contributed by atoms with Crippen molar-refractivity contribution in [1.82, 2.24) is 15.5 Å². The molecule has 2 N–H and O–H groups in total. The molecular weight excluding hydrogens is 406 g/mol. The quantitative estimate of drug-likeness (QED) is 0.691. The van der Waals surface area contributed by atoms with Gasteiger partial charge in [-0.05, 0) is 74.6 Å². The molecule has 6 heteroatoms. The van der Waals surface area contributed by atoms with E-state index in [1.807, 2.05) is 0 Å². The van der Waals surface area contributed by atoms with Crippen LogP contribution in [0.4, 0.5) is 0 Å². The molecule has 0 bridgehead atoms. The lowest BCUT2D eigenvalue weighted by Crippen LogP contribution is -2.53. The van der Waals surface area contributed by atoms with Crippen molar-refractivity contribution >= 4 is 17.3 Å². The number of hydrogen-bond donors (Lipinski definition) is 2. The Morgan fingerprint density at radius 3 is 2.81 bits per heavy atom. The van der Waals surface area contributed by atoms with Gasteiger partial charge >= 0.3 is 0 Å². The Labute approximate surface area is 190 Å². The largest absolute Gasteiger partial charge is 0.454 e. The minimum atomic E-state index is 0.147. The van der Waals surface area contributed by atoms with Gasteiger partial charge in [0.1, 0.15) is 0 Å². The first-order valence-corrected chi connectivity index (χ1v) is 11.8. The maximum Gasteiger partial charge on any atom is 0.231 e. The van der Waals surface area contributed by atoms with Gasteiger partial charge in [-0.2, -0.15) is 0 Å². The van der Waals surface area contributed by atoms with Gasteiger partial charge in [-0.15, -0.1) is 0 Å². The predicted octanol–water partition coefficient (Wildman–Crippen LogP) is 3.96.